The Labute approximate surface area is 88.7 Å². The van der Waals surface area contributed by atoms with Gasteiger partial charge in [0.2, 0.25) is 10.0 Å². The molecule has 1 aliphatic rings. The molecule has 6 heteroatoms. The number of nitrogens with one attached hydrogen (secondary N) is 1. The van der Waals surface area contributed by atoms with E-state index in [0.29, 0.717) is 0 Å². The van der Waals surface area contributed by atoms with Gasteiger partial charge in [-0.3, -0.25) is 0 Å². The van der Waals surface area contributed by atoms with Gasteiger partial charge in [0.15, 0.2) is 0 Å². The highest BCUT2D eigenvalue weighted by Crippen LogP contribution is 2.17. The van der Waals surface area contributed by atoms with Crippen molar-refractivity contribution in [1.29, 1.82) is 0 Å². The van der Waals surface area contributed by atoms with Gasteiger partial charge in [0.25, 0.3) is 0 Å². The number of alkyl halides is 1. The van der Waals surface area contributed by atoms with E-state index in [0.717, 1.165) is 24.3 Å². The maximum absolute atomic E-state index is 11.3. The fraction of sp³-hybridized carbons (Fsp3) is 1.00. The van der Waals surface area contributed by atoms with Gasteiger partial charge in [-0.1, -0.05) is 0 Å². The van der Waals surface area contributed by atoms with Crippen LogP contribution in [0.15, 0.2) is 0 Å². The first-order valence-electron chi connectivity index (χ1n) is 4.28. The lowest BCUT2D eigenvalue weighted by Gasteiger charge is -2.21. The summed E-state index contributed by atoms with van der Waals surface area (Å²) in [6.07, 6.45) is 1.87. The molecule has 0 saturated carbocycles. The van der Waals surface area contributed by atoms with Crippen LogP contribution in [-0.2, 0) is 10.0 Å². The van der Waals surface area contributed by atoms with Crippen molar-refractivity contribution in [3.8, 4) is 0 Å². The van der Waals surface area contributed by atoms with Gasteiger partial charge in [-0.2, -0.15) is 11.8 Å². The summed E-state index contributed by atoms with van der Waals surface area (Å²) in [5.74, 6) is 2.29. The monoisotopic (exact) mass is 243 g/mol. The zero-order valence-electron chi connectivity index (χ0n) is 7.33. The van der Waals surface area contributed by atoms with Crippen LogP contribution in [0.1, 0.15) is 12.8 Å². The maximum atomic E-state index is 11.3. The average Bonchev–Trinajstić information content (AvgIpc) is 2.04. The zero-order chi connectivity index (χ0) is 9.73. The topological polar surface area (TPSA) is 46.2 Å². The van der Waals surface area contributed by atoms with Crippen molar-refractivity contribution < 1.29 is 8.42 Å². The van der Waals surface area contributed by atoms with Crippen LogP contribution in [0.25, 0.3) is 0 Å². The van der Waals surface area contributed by atoms with Gasteiger partial charge >= 0.3 is 0 Å². The van der Waals surface area contributed by atoms with Crippen molar-refractivity contribution in [2.24, 2.45) is 0 Å². The van der Waals surface area contributed by atoms with Crippen molar-refractivity contribution in [2.75, 3.05) is 23.1 Å². The van der Waals surface area contributed by atoms with Gasteiger partial charge in [0.05, 0.1) is 5.75 Å². The van der Waals surface area contributed by atoms with E-state index in [1.165, 1.54) is 0 Å². The summed E-state index contributed by atoms with van der Waals surface area (Å²) in [6.45, 7) is 0. The zero-order valence-corrected chi connectivity index (χ0v) is 9.72. The van der Waals surface area contributed by atoms with Gasteiger partial charge < -0.3 is 0 Å². The molecule has 0 amide bonds. The summed E-state index contributed by atoms with van der Waals surface area (Å²) in [5, 5.41) is 0. The van der Waals surface area contributed by atoms with Crippen molar-refractivity contribution >= 4 is 33.4 Å². The Morgan fingerprint density at radius 3 is 2.54 bits per heavy atom. The highest BCUT2D eigenvalue weighted by Gasteiger charge is 2.19. The molecule has 13 heavy (non-hydrogen) atoms. The summed E-state index contributed by atoms with van der Waals surface area (Å²) in [5.41, 5.74) is 0. The van der Waals surface area contributed by atoms with E-state index in [4.69, 9.17) is 11.6 Å². The number of hydrogen-bond donors (Lipinski definition) is 1. The maximum Gasteiger partial charge on any atom is 0.213 e. The van der Waals surface area contributed by atoms with Crippen LogP contribution in [0.4, 0.5) is 0 Å². The van der Waals surface area contributed by atoms with Crippen molar-refractivity contribution in [3.63, 3.8) is 0 Å². The first kappa shape index (κ1) is 11.6. The van der Waals surface area contributed by atoms with Crippen LogP contribution in [0.3, 0.4) is 0 Å². The normalized spacial score (nSPS) is 20.4. The summed E-state index contributed by atoms with van der Waals surface area (Å²) >= 11 is 7.26. The molecule has 78 valence electrons. The third-order valence-electron chi connectivity index (χ3n) is 1.91. The smallest absolute Gasteiger partial charge is 0.212 e. The Kier molecular flexibility index (Phi) is 4.86. The average molecular weight is 244 g/mol. The molecular formula is C7H14ClNO2S2. The fourth-order valence-electron chi connectivity index (χ4n) is 1.23. The molecule has 3 nitrogen and oxygen atoms in total. The molecule has 1 N–H and O–H groups in total. The van der Waals surface area contributed by atoms with Crippen LogP contribution >= 0.6 is 23.4 Å². The minimum absolute atomic E-state index is 0.0260. The van der Waals surface area contributed by atoms with E-state index in [1.807, 2.05) is 11.8 Å². The molecule has 0 spiro atoms. The fourth-order valence-corrected chi connectivity index (χ4v) is 4.01. The van der Waals surface area contributed by atoms with Crippen molar-refractivity contribution in [3.05, 3.63) is 0 Å². The second-order valence-electron chi connectivity index (χ2n) is 3.01. The Hall–Kier alpha value is 0.550. The van der Waals surface area contributed by atoms with Gasteiger partial charge in [0.1, 0.15) is 0 Å². The van der Waals surface area contributed by atoms with Gasteiger partial charge in [-0.25, -0.2) is 13.1 Å². The minimum Gasteiger partial charge on any atom is -0.212 e. The molecule has 0 aromatic heterocycles. The highest BCUT2D eigenvalue weighted by molar-refractivity contribution is 7.99. The molecule has 0 unspecified atom stereocenters. The summed E-state index contributed by atoms with van der Waals surface area (Å²) in [6, 6.07) is 0.134. The Morgan fingerprint density at radius 1 is 1.38 bits per heavy atom. The van der Waals surface area contributed by atoms with E-state index in [1.54, 1.807) is 0 Å². The largest absolute Gasteiger partial charge is 0.213 e. The van der Waals surface area contributed by atoms with E-state index < -0.39 is 10.0 Å². The molecule has 0 aromatic rings. The number of hydrogen-bond acceptors (Lipinski definition) is 3. The standard InChI is InChI=1S/C7H14ClNO2S2/c8-3-6-13(10,11)9-7-1-4-12-5-2-7/h7,9H,1-6H2. The lowest BCUT2D eigenvalue weighted by molar-refractivity contribution is 0.530. The Bertz CT molecular complexity index is 237. The Balaban J connectivity index is 2.37. The predicted octanol–water partition coefficient (Wildman–Crippen LogP) is 1.04. The van der Waals surface area contributed by atoms with Crippen molar-refractivity contribution in [2.45, 2.75) is 18.9 Å². The second-order valence-corrected chi connectivity index (χ2v) is 6.49. The summed E-state index contributed by atoms with van der Waals surface area (Å²) in [7, 11) is -3.12. The molecule has 0 radical (unpaired) electrons. The third kappa shape index (κ3) is 4.54. The van der Waals surface area contributed by atoms with Crippen LogP contribution in [0, 0.1) is 0 Å². The van der Waals surface area contributed by atoms with Gasteiger partial charge in [0, 0.05) is 11.9 Å². The molecule has 0 aromatic carbocycles. The predicted molar refractivity (Wildman–Crippen MR) is 58.0 cm³/mol. The Morgan fingerprint density at radius 2 is 2.00 bits per heavy atom. The number of rotatable bonds is 4. The SMILES string of the molecule is O=S(=O)(CCCl)NC1CCSCC1. The lowest BCUT2D eigenvalue weighted by Crippen LogP contribution is -2.38. The summed E-state index contributed by atoms with van der Waals surface area (Å²) in [4.78, 5) is 0. The van der Waals surface area contributed by atoms with E-state index >= 15 is 0 Å². The first-order valence-corrected chi connectivity index (χ1v) is 7.62. The molecule has 1 heterocycles. The summed E-state index contributed by atoms with van der Waals surface area (Å²) < 4.78 is 25.3. The van der Waals surface area contributed by atoms with E-state index in [-0.39, 0.29) is 17.7 Å². The molecular weight excluding hydrogens is 230 g/mol. The first-order chi connectivity index (χ1) is 6.14. The van der Waals surface area contributed by atoms with Crippen LogP contribution < -0.4 is 4.72 Å². The highest BCUT2D eigenvalue weighted by atomic mass is 35.5. The number of sulfonamides is 1. The van der Waals surface area contributed by atoms with Gasteiger partial charge in [-0.05, 0) is 24.3 Å². The third-order valence-corrected chi connectivity index (χ3v) is 4.81. The van der Waals surface area contributed by atoms with Crippen LogP contribution in [-0.4, -0.2) is 37.6 Å². The minimum atomic E-state index is -3.12. The quantitative estimate of drug-likeness (QED) is 0.751. The molecule has 0 bridgehead atoms. The second kappa shape index (κ2) is 5.44. The van der Waals surface area contributed by atoms with E-state index in [2.05, 4.69) is 4.72 Å². The molecule has 1 aliphatic heterocycles. The number of thioether (sulfide) groups is 1. The van der Waals surface area contributed by atoms with Gasteiger partial charge in [-0.15, -0.1) is 11.6 Å². The molecule has 1 fully saturated rings. The van der Waals surface area contributed by atoms with E-state index in [9.17, 15) is 8.42 Å². The number of halogens is 1. The molecule has 0 aliphatic carbocycles. The van der Waals surface area contributed by atoms with Crippen molar-refractivity contribution in [1.82, 2.24) is 4.72 Å². The van der Waals surface area contributed by atoms with Crippen LogP contribution in [0.2, 0.25) is 0 Å². The molecule has 1 rings (SSSR count). The lowest BCUT2D eigenvalue weighted by atomic mass is 10.2. The van der Waals surface area contributed by atoms with Crippen LogP contribution in [0.5, 0.6) is 0 Å². The molecule has 0 atom stereocenters. The molecule has 1 saturated heterocycles.